The highest BCUT2D eigenvalue weighted by Gasteiger charge is 2.05. The van der Waals surface area contributed by atoms with Crippen molar-refractivity contribution >= 4 is 5.97 Å². The summed E-state index contributed by atoms with van der Waals surface area (Å²) in [6, 6.07) is 2.81. The molecule has 1 aromatic heterocycles. The number of hydrogen-bond donors (Lipinski definition) is 1. The lowest BCUT2D eigenvalue weighted by Crippen LogP contribution is -2.25. The molecule has 1 rings (SSSR count). The van der Waals surface area contributed by atoms with Gasteiger partial charge in [0, 0.05) is 12.6 Å². The van der Waals surface area contributed by atoms with Gasteiger partial charge in [-0.3, -0.25) is 9.59 Å². The molecule has 15 heavy (non-hydrogen) atoms. The van der Waals surface area contributed by atoms with Gasteiger partial charge in [-0.15, -0.1) is 0 Å². The lowest BCUT2D eigenvalue weighted by atomic mass is 10.2. The minimum atomic E-state index is -0.947. The summed E-state index contributed by atoms with van der Waals surface area (Å²) in [5.74, 6) is -0.646. The Morgan fingerprint density at radius 3 is 2.73 bits per heavy atom. The van der Waals surface area contributed by atoms with Crippen LogP contribution in [0.1, 0.15) is 19.5 Å². The van der Waals surface area contributed by atoms with Gasteiger partial charge in [0.1, 0.15) is 0 Å². The predicted octanol–water partition coefficient (Wildman–Crippen LogP) is 0.526. The van der Waals surface area contributed by atoms with Crippen LogP contribution in [0.15, 0.2) is 16.9 Å². The quantitative estimate of drug-likeness (QED) is 0.786. The standard InChI is InChI=1S/C10H14N2O3/c1-7(2)6-12-9(13)4-3-8(11-12)5-10(14)15/h3-4,7H,5-6H2,1-2H3,(H,14,15). The molecule has 0 spiro atoms. The summed E-state index contributed by atoms with van der Waals surface area (Å²) in [6.07, 6.45) is -0.154. The summed E-state index contributed by atoms with van der Waals surface area (Å²) in [5, 5.41) is 12.6. The third-order valence-corrected chi connectivity index (χ3v) is 1.79. The highest BCUT2D eigenvalue weighted by Crippen LogP contribution is 1.97. The maximum atomic E-state index is 11.3. The van der Waals surface area contributed by atoms with Gasteiger partial charge in [0.2, 0.25) is 0 Å². The van der Waals surface area contributed by atoms with Crippen LogP contribution in [0.5, 0.6) is 0 Å². The van der Waals surface area contributed by atoms with Crippen LogP contribution in [0.3, 0.4) is 0 Å². The third-order valence-electron chi connectivity index (χ3n) is 1.79. The van der Waals surface area contributed by atoms with E-state index in [-0.39, 0.29) is 12.0 Å². The molecule has 0 radical (unpaired) electrons. The van der Waals surface area contributed by atoms with Gasteiger partial charge in [0.25, 0.3) is 5.56 Å². The molecule has 0 bridgehead atoms. The summed E-state index contributed by atoms with van der Waals surface area (Å²) in [4.78, 5) is 21.8. The summed E-state index contributed by atoms with van der Waals surface area (Å²) in [7, 11) is 0. The van der Waals surface area contributed by atoms with E-state index in [0.29, 0.717) is 18.2 Å². The van der Waals surface area contributed by atoms with E-state index < -0.39 is 5.97 Å². The Bertz CT molecular complexity index is 409. The Hall–Kier alpha value is -1.65. The van der Waals surface area contributed by atoms with Crippen LogP contribution >= 0.6 is 0 Å². The molecule has 0 saturated heterocycles. The fourth-order valence-electron chi connectivity index (χ4n) is 1.22. The summed E-state index contributed by atoms with van der Waals surface area (Å²) in [6.45, 7) is 4.45. The lowest BCUT2D eigenvalue weighted by molar-refractivity contribution is -0.136. The van der Waals surface area contributed by atoms with E-state index in [9.17, 15) is 9.59 Å². The molecule has 0 atom stereocenters. The number of rotatable bonds is 4. The van der Waals surface area contributed by atoms with Crippen molar-refractivity contribution in [3.05, 3.63) is 28.2 Å². The number of carbonyl (C=O) groups is 1. The topological polar surface area (TPSA) is 72.2 Å². The minimum absolute atomic E-state index is 0.154. The predicted molar refractivity (Wildman–Crippen MR) is 54.7 cm³/mol. The van der Waals surface area contributed by atoms with Crippen LogP contribution < -0.4 is 5.56 Å². The number of aliphatic carboxylic acids is 1. The highest BCUT2D eigenvalue weighted by molar-refractivity contribution is 5.69. The fourth-order valence-corrected chi connectivity index (χ4v) is 1.22. The molecule has 1 aromatic rings. The van der Waals surface area contributed by atoms with Gasteiger partial charge >= 0.3 is 5.97 Å². The zero-order valence-corrected chi connectivity index (χ0v) is 8.80. The van der Waals surface area contributed by atoms with Crippen molar-refractivity contribution in [2.75, 3.05) is 0 Å². The molecule has 0 aromatic carbocycles. The van der Waals surface area contributed by atoms with Crippen LogP contribution in [0, 0.1) is 5.92 Å². The number of carboxylic acids is 1. The van der Waals surface area contributed by atoms with Crippen molar-refractivity contribution in [1.29, 1.82) is 0 Å². The van der Waals surface area contributed by atoms with Crippen LogP contribution in [-0.4, -0.2) is 20.9 Å². The lowest BCUT2D eigenvalue weighted by Gasteiger charge is -2.07. The van der Waals surface area contributed by atoms with Crippen LogP contribution in [0.4, 0.5) is 0 Å². The van der Waals surface area contributed by atoms with Gasteiger partial charge in [0.05, 0.1) is 12.1 Å². The Kier molecular flexibility index (Phi) is 3.60. The summed E-state index contributed by atoms with van der Waals surface area (Å²) >= 11 is 0. The van der Waals surface area contributed by atoms with Crippen molar-refractivity contribution in [2.24, 2.45) is 5.92 Å². The van der Waals surface area contributed by atoms with Gasteiger partial charge in [-0.2, -0.15) is 5.10 Å². The molecule has 0 aliphatic heterocycles. The molecular weight excluding hydrogens is 196 g/mol. The van der Waals surface area contributed by atoms with Gasteiger partial charge < -0.3 is 5.11 Å². The zero-order valence-electron chi connectivity index (χ0n) is 8.80. The van der Waals surface area contributed by atoms with Crippen molar-refractivity contribution in [3.8, 4) is 0 Å². The monoisotopic (exact) mass is 210 g/mol. The zero-order chi connectivity index (χ0) is 11.4. The second-order valence-electron chi connectivity index (χ2n) is 3.81. The Morgan fingerprint density at radius 2 is 2.20 bits per heavy atom. The highest BCUT2D eigenvalue weighted by atomic mass is 16.4. The van der Waals surface area contributed by atoms with E-state index in [2.05, 4.69) is 5.10 Å². The minimum Gasteiger partial charge on any atom is -0.481 e. The van der Waals surface area contributed by atoms with Gasteiger partial charge in [-0.1, -0.05) is 13.8 Å². The molecule has 1 N–H and O–H groups in total. The van der Waals surface area contributed by atoms with E-state index in [1.54, 1.807) is 0 Å². The first-order chi connectivity index (χ1) is 6.99. The average molecular weight is 210 g/mol. The van der Waals surface area contributed by atoms with Crippen LogP contribution in [-0.2, 0) is 17.8 Å². The average Bonchev–Trinajstić information content (AvgIpc) is 2.09. The number of aromatic nitrogens is 2. The Morgan fingerprint density at radius 1 is 1.53 bits per heavy atom. The first-order valence-electron chi connectivity index (χ1n) is 4.78. The molecule has 5 nitrogen and oxygen atoms in total. The van der Waals surface area contributed by atoms with E-state index >= 15 is 0 Å². The van der Waals surface area contributed by atoms with E-state index in [4.69, 9.17) is 5.11 Å². The molecule has 0 fully saturated rings. The van der Waals surface area contributed by atoms with Gasteiger partial charge in [-0.25, -0.2) is 4.68 Å². The normalized spacial score (nSPS) is 10.6. The van der Waals surface area contributed by atoms with Gasteiger partial charge in [-0.05, 0) is 12.0 Å². The van der Waals surface area contributed by atoms with Crippen molar-refractivity contribution in [3.63, 3.8) is 0 Å². The largest absolute Gasteiger partial charge is 0.481 e. The maximum Gasteiger partial charge on any atom is 0.309 e. The van der Waals surface area contributed by atoms with Crippen LogP contribution in [0.2, 0.25) is 0 Å². The fraction of sp³-hybridized carbons (Fsp3) is 0.500. The van der Waals surface area contributed by atoms with Crippen molar-refractivity contribution in [1.82, 2.24) is 9.78 Å². The molecule has 0 unspecified atom stereocenters. The number of hydrogen-bond acceptors (Lipinski definition) is 3. The van der Waals surface area contributed by atoms with E-state index in [1.807, 2.05) is 13.8 Å². The Labute approximate surface area is 87.4 Å². The molecular formula is C10H14N2O3. The first-order valence-corrected chi connectivity index (χ1v) is 4.78. The molecule has 0 amide bonds. The molecule has 82 valence electrons. The third kappa shape index (κ3) is 3.53. The SMILES string of the molecule is CC(C)Cn1nc(CC(=O)O)ccc1=O. The molecule has 5 heteroatoms. The second kappa shape index (κ2) is 4.72. The van der Waals surface area contributed by atoms with Crippen LogP contribution in [0.25, 0.3) is 0 Å². The van der Waals surface area contributed by atoms with Crippen molar-refractivity contribution in [2.45, 2.75) is 26.8 Å². The summed E-state index contributed by atoms with van der Waals surface area (Å²) < 4.78 is 1.31. The maximum absolute atomic E-state index is 11.3. The Balaban J connectivity index is 2.94. The number of nitrogens with zero attached hydrogens (tertiary/aromatic N) is 2. The van der Waals surface area contributed by atoms with Crippen molar-refractivity contribution < 1.29 is 9.90 Å². The summed E-state index contributed by atoms with van der Waals surface area (Å²) in [5.41, 5.74) is 0.209. The number of carboxylic acid groups (broad SMARTS) is 1. The molecule has 0 aliphatic rings. The van der Waals surface area contributed by atoms with Gasteiger partial charge in [0.15, 0.2) is 0 Å². The smallest absolute Gasteiger partial charge is 0.309 e. The van der Waals surface area contributed by atoms with E-state index in [0.717, 1.165) is 0 Å². The molecule has 0 saturated carbocycles. The second-order valence-corrected chi connectivity index (χ2v) is 3.81. The first kappa shape index (κ1) is 11.4. The molecule has 1 heterocycles. The van der Waals surface area contributed by atoms with E-state index in [1.165, 1.54) is 16.8 Å². The molecule has 0 aliphatic carbocycles.